The predicted molar refractivity (Wildman–Crippen MR) is 81.8 cm³/mol. The summed E-state index contributed by atoms with van der Waals surface area (Å²) in [5.74, 6) is 0.326. The molecule has 0 unspecified atom stereocenters. The summed E-state index contributed by atoms with van der Waals surface area (Å²) < 4.78 is 5.31. The van der Waals surface area contributed by atoms with E-state index in [2.05, 4.69) is 0 Å². The summed E-state index contributed by atoms with van der Waals surface area (Å²) in [5.41, 5.74) is -0.662. The average molecular weight is 285 g/mol. The highest BCUT2D eigenvalue weighted by Gasteiger charge is 2.53. The molecule has 1 heterocycles. The van der Waals surface area contributed by atoms with Gasteiger partial charge in [0.2, 0.25) is 0 Å². The lowest BCUT2D eigenvalue weighted by molar-refractivity contribution is -0.127. The Morgan fingerprint density at radius 1 is 1.15 bits per heavy atom. The molecule has 0 bridgehead atoms. The smallest absolute Gasteiger partial charge is 0.410 e. The zero-order chi connectivity index (χ0) is 16.0. The minimum atomic E-state index is -0.463. The molecule has 1 aliphatic carbocycles. The second kappa shape index (κ2) is 7.65. The first-order valence-corrected chi connectivity index (χ1v) is 7.84. The first-order chi connectivity index (χ1) is 9.32. The largest absolute Gasteiger partial charge is 0.444 e. The van der Waals surface area contributed by atoms with Gasteiger partial charge in [0, 0.05) is 24.9 Å². The number of carbonyl (C=O) groups is 2. The highest BCUT2D eigenvalue weighted by atomic mass is 16.6. The van der Waals surface area contributed by atoms with Crippen molar-refractivity contribution >= 4 is 11.9 Å². The first kappa shape index (κ1) is 18.9. The summed E-state index contributed by atoms with van der Waals surface area (Å²) in [6.45, 7) is 14.6. The molecule has 1 spiro atoms. The summed E-state index contributed by atoms with van der Waals surface area (Å²) in [5, 5.41) is 0. The van der Waals surface area contributed by atoms with Crippen LogP contribution < -0.4 is 0 Å². The lowest BCUT2D eigenvalue weighted by Crippen LogP contribution is -2.47. The molecule has 20 heavy (non-hydrogen) atoms. The SMILES string of the molecule is CC.CC.CC(C)(C)OC(=O)N1CCC(=O)C2(CC2)C1. The Kier molecular flexibility index (Phi) is 7.25. The van der Waals surface area contributed by atoms with Crippen LogP contribution in [0.5, 0.6) is 0 Å². The molecule has 0 atom stereocenters. The van der Waals surface area contributed by atoms with Gasteiger partial charge in [-0.1, -0.05) is 27.7 Å². The van der Waals surface area contributed by atoms with Gasteiger partial charge in [-0.05, 0) is 33.6 Å². The summed E-state index contributed by atoms with van der Waals surface area (Å²) in [7, 11) is 0. The lowest BCUT2D eigenvalue weighted by atomic mass is 9.94. The van der Waals surface area contributed by atoms with E-state index in [1.54, 1.807) is 4.90 Å². The normalized spacial score (nSPS) is 19.4. The molecule has 0 aromatic carbocycles. The third-order valence-electron chi connectivity index (χ3n) is 3.20. The molecule has 2 aliphatic rings. The van der Waals surface area contributed by atoms with Crippen molar-refractivity contribution in [1.82, 2.24) is 4.90 Å². The second-order valence-electron chi connectivity index (χ2n) is 5.86. The molecule has 2 fully saturated rings. The molecule has 0 aromatic rings. The topological polar surface area (TPSA) is 46.6 Å². The van der Waals surface area contributed by atoms with Crippen LogP contribution in [0.15, 0.2) is 0 Å². The molecule has 2 rings (SSSR count). The fourth-order valence-corrected chi connectivity index (χ4v) is 2.10. The number of carbonyl (C=O) groups excluding carboxylic acids is 2. The van der Waals surface area contributed by atoms with E-state index in [4.69, 9.17) is 4.74 Å². The Morgan fingerprint density at radius 3 is 2.05 bits per heavy atom. The average Bonchev–Trinajstić information content (AvgIpc) is 3.16. The molecule has 1 saturated carbocycles. The van der Waals surface area contributed by atoms with Crippen molar-refractivity contribution in [2.24, 2.45) is 5.41 Å². The predicted octanol–water partition coefficient (Wildman–Crippen LogP) is 4.03. The minimum Gasteiger partial charge on any atom is -0.444 e. The first-order valence-electron chi connectivity index (χ1n) is 7.84. The summed E-state index contributed by atoms with van der Waals surface area (Å²) in [6, 6.07) is 0. The van der Waals surface area contributed by atoms with E-state index in [0.29, 0.717) is 25.3 Å². The lowest BCUT2D eigenvalue weighted by Gasteiger charge is -2.33. The molecule has 0 N–H and O–H groups in total. The van der Waals surface area contributed by atoms with E-state index in [0.717, 1.165) is 12.8 Å². The van der Waals surface area contributed by atoms with Gasteiger partial charge in [-0.3, -0.25) is 4.79 Å². The highest BCUT2D eigenvalue weighted by molar-refractivity contribution is 5.89. The van der Waals surface area contributed by atoms with Gasteiger partial charge in [0.05, 0.1) is 0 Å². The molecule has 0 aromatic heterocycles. The van der Waals surface area contributed by atoms with Crippen molar-refractivity contribution in [2.75, 3.05) is 13.1 Å². The highest BCUT2D eigenvalue weighted by Crippen LogP contribution is 2.49. The number of hydrogen-bond acceptors (Lipinski definition) is 3. The van der Waals surface area contributed by atoms with E-state index >= 15 is 0 Å². The van der Waals surface area contributed by atoms with Gasteiger partial charge in [-0.15, -0.1) is 0 Å². The van der Waals surface area contributed by atoms with E-state index in [-0.39, 0.29) is 11.5 Å². The number of ketones is 1. The van der Waals surface area contributed by atoms with Crippen molar-refractivity contribution < 1.29 is 14.3 Å². The Labute approximate surface area is 123 Å². The van der Waals surface area contributed by atoms with E-state index < -0.39 is 5.60 Å². The molecule has 118 valence electrons. The Balaban J connectivity index is 0.000000829. The molecule has 0 radical (unpaired) electrons. The van der Waals surface area contributed by atoms with Crippen LogP contribution in [-0.4, -0.2) is 35.5 Å². The maximum Gasteiger partial charge on any atom is 0.410 e. The number of amides is 1. The molecule has 4 nitrogen and oxygen atoms in total. The second-order valence-corrected chi connectivity index (χ2v) is 5.86. The fourth-order valence-electron chi connectivity index (χ4n) is 2.10. The Bertz CT molecular complexity index is 327. The van der Waals surface area contributed by atoms with Crippen LogP contribution >= 0.6 is 0 Å². The third-order valence-corrected chi connectivity index (χ3v) is 3.20. The zero-order valence-corrected chi connectivity index (χ0v) is 14.2. The Hall–Kier alpha value is -1.06. The number of rotatable bonds is 0. The fraction of sp³-hybridized carbons (Fsp3) is 0.875. The Morgan fingerprint density at radius 2 is 1.65 bits per heavy atom. The number of hydrogen-bond donors (Lipinski definition) is 0. The van der Waals surface area contributed by atoms with Crippen LogP contribution in [0.1, 0.15) is 67.7 Å². The van der Waals surface area contributed by atoms with Gasteiger partial charge in [-0.25, -0.2) is 4.79 Å². The molecule has 1 amide bonds. The third kappa shape index (κ3) is 5.14. The zero-order valence-electron chi connectivity index (χ0n) is 14.2. The number of piperidine rings is 1. The molecule has 1 saturated heterocycles. The van der Waals surface area contributed by atoms with Crippen LogP contribution in [0, 0.1) is 5.41 Å². The van der Waals surface area contributed by atoms with Gasteiger partial charge >= 0.3 is 6.09 Å². The quantitative estimate of drug-likeness (QED) is 0.675. The maximum absolute atomic E-state index is 11.8. The van der Waals surface area contributed by atoms with Gasteiger partial charge in [0.15, 0.2) is 0 Å². The number of likely N-dealkylation sites (tertiary alicyclic amines) is 1. The standard InChI is InChI=1S/C12H19NO3.2C2H6/c1-11(2,3)16-10(15)13-7-4-9(14)12(8-13)5-6-12;2*1-2/h4-8H2,1-3H3;2*1-2H3. The van der Waals surface area contributed by atoms with Crippen LogP contribution in [-0.2, 0) is 9.53 Å². The van der Waals surface area contributed by atoms with Crippen molar-refractivity contribution in [3.8, 4) is 0 Å². The number of nitrogens with zero attached hydrogens (tertiary/aromatic N) is 1. The van der Waals surface area contributed by atoms with Crippen molar-refractivity contribution in [3.05, 3.63) is 0 Å². The van der Waals surface area contributed by atoms with Crippen LogP contribution in [0.4, 0.5) is 4.79 Å². The van der Waals surface area contributed by atoms with Gasteiger partial charge in [0.25, 0.3) is 0 Å². The van der Waals surface area contributed by atoms with E-state index in [9.17, 15) is 9.59 Å². The summed E-state index contributed by atoms with van der Waals surface area (Å²) in [6.07, 6.45) is 2.07. The molecule has 4 heteroatoms. The van der Waals surface area contributed by atoms with Crippen LogP contribution in [0.3, 0.4) is 0 Å². The van der Waals surface area contributed by atoms with Crippen molar-refractivity contribution in [3.63, 3.8) is 0 Å². The summed E-state index contributed by atoms with van der Waals surface area (Å²) in [4.78, 5) is 25.2. The molecular weight excluding hydrogens is 254 g/mol. The van der Waals surface area contributed by atoms with Crippen LogP contribution in [0.25, 0.3) is 0 Å². The van der Waals surface area contributed by atoms with Crippen LogP contribution in [0.2, 0.25) is 0 Å². The number of ether oxygens (including phenoxy) is 1. The van der Waals surface area contributed by atoms with E-state index in [1.165, 1.54) is 0 Å². The number of Topliss-reactive ketones (excluding diaryl/α,β-unsaturated/α-hetero) is 1. The molecule has 1 aliphatic heterocycles. The minimum absolute atomic E-state index is 0.199. The summed E-state index contributed by atoms with van der Waals surface area (Å²) >= 11 is 0. The van der Waals surface area contributed by atoms with Gasteiger partial charge < -0.3 is 9.64 Å². The maximum atomic E-state index is 11.8. The van der Waals surface area contributed by atoms with E-state index in [1.807, 2.05) is 48.5 Å². The van der Waals surface area contributed by atoms with Crippen molar-refractivity contribution in [1.29, 1.82) is 0 Å². The van der Waals surface area contributed by atoms with Gasteiger partial charge in [-0.2, -0.15) is 0 Å². The van der Waals surface area contributed by atoms with Gasteiger partial charge in [0.1, 0.15) is 11.4 Å². The van der Waals surface area contributed by atoms with Crippen molar-refractivity contribution in [2.45, 2.75) is 73.3 Å². The molecular formula is C16H31NO3. The monoisotopic (exact) mass is 285 g/mol.